The van der Waals surface area contributed by atoms with Crippen LogP contribution < -0.4 is 0 Å². The van der Waals surface area contributed by atoms with Crippen molar-refractivity contribution in [1.82, 2.24) is 9.80 Å². The van der Waals surface area contributed by atoms with E-state index in [-0.39, 0.29) is 0 Å². The van der Waals surface area contributed by atoms with Crippen molar-refractivity contribution in [1.29, 1.82) is 0 Å². The largest absolute Gasteiger partial charge is 0.480 e. The third-order valence-corrected chi connectivity index (χ3v) is 2.63. The van der Waals surface area contributed by atoms with Crippen LogP contribution in [-0.4, -0.2) is 64.2 Å². The molecule has 0 unspecified atom stereocenters. The molecule has 1 aliphatic heterocycles. The van der Waals surface area contributed by atoms with E-state index in [9.17, 15) is 14.4 Å². The Kier molecular flexibility index (Phi) is 4.70. The Morgan fingerprint density at radius 3 is 2.22 bits per heavy atom. The summed E-state index contributed by atoms with van der Waals surface area (Å²) in [7, 11) is 0. The van der Waals surface area contributed by atoms with Crippen molar-refractivity contribution in [2.45, 2.75) is 13.3 Å². The van der Waals surface area contributed by atoms with Crippen molar-refractivity contribution in [3.63, 3.8) is 0 Å². The van der Waals surface area contributed by atoms with Gasteiger partial charge in [0, 0.05) is 13.1 Å². The minimum Gasteiger partial charge on any atom is -0.480 e. The highest BCUT2D eigenvalue weighted by atomic mass is 16.4. The second-order valence-corrected chi connectivity index (χ2v) is 4.17. The zero-order chi connectivity index (χ0) is 13.7. The minimum absolute atomic E-state index is 0.389. The van der Waals surface area contributed by atoms with Crippen LogP contribution in [0.15, 0.2) is 11.6 Å². The molecule has 7 heteroatoms. The van der Waals surface area contributed by atoms with Crippen LogP contribution in [0.3, 0.4) is 0 Å². The minimum atomic E-state index is -1.23. The first-order valence-corrected chi connectivity index (χ1v) is 5.53. The SMILES string of the molecule is CC1=CCN(C(=O)N(CC(=O)O)CC(=O)O)CC1. The Morgan fingerprint density at radius 2 is 1.83 bits per heavy atom. The fourth-order valence-corrected chi connectivity index (χ4v) is 1.66. The lowest BCUT2D eigenvalue weighted by Gasteiger charge is -2.30. The summed E-state index contributed by atoms with van der Waals surface area (Å²) in [6, 6.07) is -0.552. The number of amides is 2. The van der Waals surface area contributed by atoms with Crippen molar-refractivity contribution >= 4 is 18.0 Å². The average molecular weight is 256 g/mol. The van der Waals surface area contributed by atoms with Crippen molar-refractivity contribution < 1.29 is 24.6 Å². The molecule has 0 spiro atoms. The van der Waals surface area contributed by atoms with Gasteiger partial charge in [0.1, 0.15) is 13.1 Å². The van der Waals surface area contributed by atoms with E-state index < -0.39 is 31.1 Å². The fraction of sp³-hybridized carbons (Fsp3) is 0.545. The quantitative estimate of drug-likeness (QED) is 0.701. The summed E-state index contributed by atoms with van der Waals surface area (Å²) in [4.78, 5) is 35.5. The second-order valence-electron chi connectivity index (χ2n) is 4.17. The van der Waals surface area contributed by atoms with Crippen LogP contribution in [0.25, 0.3) is 0 Å². The number of carboxylic acid groups (broad SMARTS) is 2. The number of urea groups is 1. The van der Waals surface area contributed by atoms with E-state index in [1.807, 2.05) is 13.0 Å². The molecule has 0 saturated heterocycles. The molecule has 0 bridgehead atoms. The molecule has 0 saturated carbocycles. The van der Waals surface area contributed by atoms with E-state index in [0.29, 0.717) is 13.1 Å². The van der Waals surface area contributed by atoms with Gasteiger partial charge in [0.05, 0.1) is 0 Å². The van der Waals surface area contributed by atoms with Gasteiger partial charge in [-0.25, -0.2) is 4.79 Å². The number of carbonyl (C=O) groups is 3. The number of hydrogen-bond acceptors (Lipinski definition) is 3. The molecule has 2 N–H and O–H groups in total. The normalized spacial score (nSPS) is 14.9. The first-order chi connectivity index (χ1) is 8.40. The molecule has 18 heavy (non-hydrogen) atoms. The molecule has 1 rings (SSSR count). The van der Waals surface area contributed by atoms with Gasteiger partial charge in [-0.1, -0.05) is 11.6 Å². The average Bonchev–Trinajstić information content (AvgIpc) is 2.27. The lowest BCUT2D eigenvalue weighted by molar-refractivity contribution is -0.140. The summed E-state index contributed by atoms with van der Waals surface area (Å²) in [5.74, 6) is -2.46. The van der Waals surface area contributed by atoms with E-state index in [2.05, 4.69) is 0 Å². The summed E-state index contributed by atoms with van der Waals surface area (Å²) in [6.45, 7) is 1.61. The summed E-state index contributed by atoms with van der Waals surface area (Å²) >= 11 is 0. The van der Waals surface area contributed by atoms with Crippen molar-refractivity contribution in [3.05, 3.63) is 11.6 Å². The highest BCUT2D eigenvalue weighted by Gasteiger charge is 2.25. The highest BCUT2D eigenvalue weighted by Crippen LogP contribution is 2.11. The number of nitrogens with zero attached hydrogens (tertiary/aromatic N) is 2. The Bertz CT molecular complexity index is 375. The molecule has 2 amide bonds. The van der Waals surface area contributed by atoms with Crippen molar-refractivity contribution in [3.8, 4) is 0 Å². The molecule has 1 aliphatic rings. The summed E-state index contributed by atoms with van der Waals surface area (Å²) < 4.78 is 0. The number of hydrogen-bond donors (Lipinski definition) is 2. The third-order valence-electron chi connectivity index (χ3n) is 2.63. The second kappa shape index (κ2) is 6.04. The third kappa shape index (κ3) is 4.08. The molecular weight excluding hydrogens is 240 g/mol. The van der Waals surface area contributed by atoms with Gasteiger partial charge in [-0.2, -0.15) is 0 Å². The zero-order valence-electron chi connectivity index (χ0n) is 10.1. The van der Waals surface area contributed by atoms with Gasteiger partial charge in [-0.05, 0) is 13.3 Å². The van der Waals surface area contributed by atoms with E-state index >= 15 is 0 Å². The number of aliphatic carboxylic acids is 2. The molecule has 100 valence electrons. The lowest BCUT2D eigenvalue weighted by Crippen LogP contribution is -2.48. The lowest BCUT2D eigenvalue weighted by atomic mass is 10.1. The Labute approximate surface area is 104 Å². The topological polar surface area (TPSA) is 98.2 Å². The Hall–Kier alpha value is -2.05. The fourth-order valence-electron chi connectivity index (χ4n) is 1.66. The maximum Gasteiger partial charge on any atom is 0.323 e. The van der Waals surface area contributed by atoms with Gasteiger partial charge in [0.2, 0.25) is 0 Å². The van der Waals surface area contributed by atoms with Crippen LogP contribution >= 0.6 is 0 Å². The molecule has 0 atom stereocenters. The number of carboxylic acids is 2. The molecule has 0 aromatic heterocycles. The summed E-state index contributed by atoms with van der Waals surface area (Å²) in [5.41, 5.74) is 1.17. The van der Waals surface area contributed by atoms with Crippen LogP contribution in [-0.2, 0) is 9.59 Å². The van der Waals surface area contributed by atoms with Crippen molar-refractivity contribution in [2.75, 3.05) is 26.2 Å². The molecule has 0 aliphatic carbocycles. The van der Waals surface area contributed by atoms with Gasteiger partial charge >= 0.3 is 18.0 Å². The van der Waals surface area contributed by atoms with E-state index in [0.717, 1.165) is 11.3 Å². The molecule has 0 radical (unpaired) electrons. The van der Waals surface area contributed by atoms with Crippen LogP contribution in [0, 0.1) is 0 Å². The Balaban J connectivity index is 2.69. The number of carbonyl (C=O) groups excluding carboxylic acids is 1. The molecule has 0 aromatic carbocycles. The highest BCUT2D eigenvalue weighted by molar-refractivity contribution is 5.84. The Morgan fingerprint density at radius 1 is 1.28 bits per heavy atom. The number of rotatable bonds is 4. The first-order valence-electron chi connectivity index (χ1n) is 5.53. The molecule has 0 aromatic rings. The van der Waals surface area contributed by atoms with Gasteiger partial charge in [-0.3, -0.25) is 9.59 Å². The molecule has 7 nitrogen and oxygen atoms in total. The smallest absolute Gasteiger partial charge is 0.323 e. The van der Waals surface area contributed by atoms with Crippen LogP contribution in [0.5, 0.6) is 0 Å². The van der Waals surface area contributed by atoms with Gasteiger partial charge in [-0.15, -0.1) is 0 Å². The van der Waals surface area contributed by atoms with Crippen molar-refractivity contribution in [2.24, 2.45) is 0 Å². The van der Waals surface area contributed by atoms with E-state index in [1.165, 1.54) is 10.5 Å². The summed E-state index contributed by atoms with van der Waals surface area (Å²) in [5, 5.41) is 17.3. The summed E-state index contributed by atoms with van der Waals surface area (Å²) in [6.07, 6.45) is 2.60. The molecule has 1 heterocycles. The van der Waals surface area contributed by atoms with Gasteiger partial charge in [0.15, 0.2) is 0 Å². The first kappa shape index (κ1) is 14.0. The van der Waals surface area contributed by atoms with Gasteiger partial charge < -0.3 is 20.0 Å². The predicted octanol–water partition coefficient (Wildman–Crippen LogP) is 0.230. The molecule has 0 fully saturated rings. The van der Waals surface area contributed by atoms with E-state index in [1.54, 1.807) is 0 Å². The zero-order valence-corrected chi connectivity index (χ0v) is 10.1. The maximum atomic E-state index is 12.0. The monoisotopic (exact) mass is 256 g/mol. The molecular formula is C11H16N2O5. The maximum absolute atomic E-state index is 12.0. The van der Waals surface area contributed by atoms with Crippen LogP contribution in [0.2, 0.25) is 0 Å². The van der Waals surface area contributed by atoms with Crippen LogP contribution in [0.1, 0.15) is 13.3 Å². The standard InChI is InChI=1S/C11H16N2O5/c1-8-2-4-12(5-3-8)11(18)13(6-9(14)15)7-10(16)17/h2H,3-7H2,1H3,(H,14,15)(H,16,17). The van der Waals surface area contributed by atoms with E-state index in [4.69, 9.17) is 10.2 Å². The van der Waals surface area contributed by atoms with Gasteiger partial charge in [0.25, 0.3) is 0 Å². The predicted molar refractivity (Wildman–Crippen MR) is 62.2 cm³/mol. The van der Waals surface area contributed by atoms with Crippen LogP contribution in [0.4, 0.5) is 4.79 Å².